The molecule has 2 aromatic carbocycles. The van der Waals surface area contributed by atoms with Crippen molar-refractivity contribution in [1.29, 1.82) is 0 Å². The second kappa shape index (κ2) is 8.49. The lowest BCUT2D eigenvalue weighted by Gasteiger charge is -2.34. The molecule has 10 nitrogen and oxygen atoms in total. The maximum absolute atomic E-state index is 13.1. The molecule has 0 saturated carbocycles. The van der Waals surface area contributed by atoms with Crippen molar-refractivity contribution in [3.63, 3.8) is 0 Å². The normalized spacial score (nSPS) is 16.7. The van der Waals surface area contributed by atoms with E-state index in [1.807, 2.05) is 0 Å². The molecule has 1 amide bonds. The topological polar surface area (TPSA) is 122 Å². The van der Waals surface area contributed by atoms with Gasteiger partial charge in [-0.25, -0.2) is 13.5 Å². The number of ether oxygens (including phenoxy) is 2. The highest BCUT2D eigenvalue weighted by atomic mass is 32.2. The molecule has 1 N–H and O–H groups in total. The summed E-state index contributed by atoms with van der Waals surface area (Å²) in [7, 11) is -3.73. The molecule has 3 heterocycles. The number of carbonyl (C=O) groups excluding carboxylic acids is 1. The molecule has 2 aliphatic heterocycles. The Bertz CT molecular complexity index is 1380. The standard InChI is InChI=1S/C22H22N4O6S/c27-21(14-18-16-3-1-2-4-17(16)22(28)24-23-18)25-7-9-26(10-8-25)33(29,30)15-5-6-19-20(13-15)32-12-11-31-19/h1-6,13H,7-12,14H2,(H,24,28). The van der Waals surface area contributed by atoms with Crippen LogP contribution >= 0.6 is 0 Å². The second-order valence-electron chi connectivity index (χ2n) is 7.81. The number of sulfonamides is 1. The summed E-state index contributed by atoms with van der Waals surface area (Å²) in [5, 5.41) is 7.60. The van der Waals surface area contributed by atoms with Crippen LogP contribution in [0.25, 0.3) is 10.8 Å². The van der Waals surface area contributed by atoms with Gasteiger partial charge in [-0.2, -0.15) is 9.40 Å². The molecule has 0 bridgehead atoms. The fourth-order valence-electron chi connectivity index (χ4n) is 4.07. The Balaban J connectivity index is 1.27. The number of aromatic nitrogens is 2. The SMILES string of the molecule is O=C(Cc1n[nH]c(=O)c2ccccc12)N1CCN(S(=O)(=O)c2ccc3c(c2)OCCO3)CC1. The molecule has 11 heteroatoms. The van der Waals surface area contributed by atoms with Crippen molar-refractivity contribution in [2.24, 2.45) is 0 Å². The molecular weight excluding hydrogens is 448 g/mol. The number of nitrogens with zero attached hydrogens (tertiary/aromatic N) is 3. The van der Waals surface area contributed by atoms with Crippen LogP contribution in [0.15, 0.2) is 52.2 Å². The van der Waals surface area contributed by atoms with Gasteiger partial charge in [-0.15, -0.1) is 0 Å². The van der Waals surface area contributed by atoms with Gasteiger partial charge in [0.1, 0.15) is 13.2 Å². The number of amides is 1. The van der Waals surface area contributed by atoms with Crippen LogP contribution in [0.2, 0.25) is 0 Å². The predicted octanol–water partition coefficient (Wildman–Crippen LogP) is 0.770. The minimum atomic E-state index is -3.73. The van der Waals surface area contributed by atoms with Crippen molar-refractivity contribution in [2.75, 3.05) is 39.4 Å². The highest BCUT2D eigenvalue weighted by molar-refractivity contribution is 7.89. The van der Waals surface area contributed by atoms with Crippen LogP contribution in [0, 0.1) is 0 Å². The molecule has 1 fully saturated rings. The number of piperazine rings is 1. The first kappa shape index (κ1) is 21.4. The Labute approximate surface area is 189 Å². The van der Waals surface area contributed by atoms with E-state index in [2.05, 4.69) is 10.2 Å². The summed E-state index contributed by atoms with van der Waals surface area (Å²) in [4.78, 5) is 26.6. The molecule has 1 saturated heterocycles. The lowest BCUT2D eigenvalue weighted by atomic mass is 10.1. The van der Waals surface area contributed by atoms with Crippen molar-refractivity contribution < 1.29 is 22.7 Å². The Kier molecular flexibility index (Phi) is 5.51. The van der Waals surface area contributed by atoms with Gasteiger partial charge >= 0.3 is 0 Å². The van der Waals surface area contributed by atoms with E-state index in [0.29, 0.717) is 41.2 Å². The second-order valence-corrected chi connectivity index (χ2v) is 9.75. The largest absolute Gasteiger partial charge is 0.486 e. The van der Waals surface area contributed by atoms with Gasteiger partial charge in [-0.3, -0.25) is 9.59 Å². The fraction of sp³-hybridized carbons (Fsp3) is 0.318. The van der Waals surface area contributed by atoms with E-state index in [-0.39, 0.29) is 49.0 Å². The molecule has 0 aliphatic carbocycles. The molecule has 3 aromatic rings. The van der Waals surface area contributed by atoms with E-state index >= 15 is 0 Å². The Morgan fingerprint density at radius 2 is 1.67 bits per heavy atom. The Morgan fingerprint density at radius 1 is 0.970 bits per heavy atom. The van der Waals surface area contributed by atoms with E-state index in [9.17, 15) is 18.0 Å². The summed E-state index contributed by atoms with van der Waals surface area (Å²) >= 11 is 0. The van der Waals surface area contributed by atoms with Crippen molar-refractivity contribution in [3.8, 4) is 11.5 Å². The summed E-state index contributed by atoms with van der Waals surface area (Å²) in [6.45, 7) is 1.70. The highest BCUT2D eigenvalue weighted by Gasteiger charge is 2.31. The molecule has 172 valence electrons. The van der Waals surface area contributed by atoms with Crippen molar-refractivity contribution in [3.05, 3.63) is 58.5 Å². The van der Waals surface area contributed by atoms with Crippen molar-refractivity contribution in [1.82, 2.24) is 19.4 Å². The van der Waals surface area contributed by atoms with E-state index in [1.54, 1.807) is 35.2 Å². The van der Waals surface area contributed by atoms with Crippen LogP contribution < -0.4 is 15.0 Å². The van der Waals surface area contributed by atoms with Crippen LogP contribution in [0.1, 0.15) is 5.69 Å². The van der Waals surface area contributed by atoms with Gasteiger partial charge in [0.25, 0.3) is 5.56 Å². The highest BCUT2D eigenvalue weighted by Crippen LogP contribution is 2.33. The number of H-pyrrole nitrogens is 1. The average molecular weight is 471 g/mol. The van der Waals surface area contributed by atoms with Gasteiger partial charge in [0.05, 0.1) is 22.4 Å². The third-order valence-electron chi connectivity index (χ3n) is 5.84. The van der Waals surface area contributed by atoms with Gasteiger partial charge < -0.3 is 14.4 Å². The van der Waals surface area contributed by atoms with Crippen molar-refractivity contribution >= 4 is 26.7 Å². The van der Waals surface area contributed by atoms with Crippen LogP contribution in [0.4, 0.5) is 0 Å². The smallest absolute Gasteiger partial charge is 0.272 e. The molecule has 33 heavy (non-hydrogen) atoms. The van der Waals surface area contributed by atoms with Crippen LogP contribution in [-0.2, 0) is 21.2 Å². The number of nitrogens with one attached hydrogen (secondary N) is 1. The minimum absolute atomic E-state index is 0.0200. The summed E-state index contributed by atoms with van der Waals surface area (Å²) in [5.41, 5.74) is 0.182. The van der Waals surface area contributed by atoms with Crippen LogP contribution in [0.5, 0.6) is 11.5 Å². The van der Waals surface area contributed by atoms with Crippen LogP contribution in [-0.4, -0.2) is 73.1 Å². The zero-order chi connectivity index (χ0) is 23.0. The first-order chi connectivity index (χ1) is 15.9. The maximum atomic E-state index is 13.1. The van der Waals surface area contributed by atoms with E-state index < -0.39 is 10.0 Å². The number of carbonyl (C=O) groups is 1. The van der Waals surface area contributed by atoms with Gasteiger partial charge in [0, 0.05) is 37.6 Å². The number of benzene rings is 2. The van der Waals surface area contributed by atoms with Gasteiger partial charge in [-0.1, -0.05) is 18.2 Å². The summed E-state index contributed by atoms with van der Waals surface area (Å²) in [6, 6.07) is 11.6. The molecule has 0 spiro atoms. The number of fused-ring (bicyclic) bond motifs is 2. The predicted molar refractivity (Wildman–Crippen MR) is 119 cm³/mol. The van der Waals surface area contributed by atoms with E-state index in [1.165, 1.54) is 16.4 Å². The summed E-state index contributed by atoms with van der Waals surface area (Å²) in [5.74, 6) is 0.770. The number of aromatic amines is 1. The quantitative estimate of drug-likeness (QED) is 0.598. The number of hydrogen-bond donors (Lipinski definition) is 1. The monoisotopic (exact) mass is 470 g/mol. The van der Waals surface area contributed by atoms with Gasteiger partial charge in [0.15, 0.2) is 11.5 Å². The van der Waals surface area contributed by atoms with Crippen LogP contribution in [0.3, 0.4) is 0 Å². The molecule has 0 unspecified atom stereocenters. The molecule has 0 atom stereocenters. The zero-order valence-electron chi connectivity index (χ0n) is 17.7. The molecular formula is C22H22N4O6S. The van der Waals surface area contributed by atoms with E-state index in [0.717, 1.165) is 0 Å². The van der Waals surface area contributed by atoms with Crippen molar-refractivity contribution in [2.45, 2.75) is 11.3 Å². The summed E-state index contributed by atoms with van der Waals surface area (Å²) < 4.78 is 38.5. The average Bonchev–Trinajstić information content (AvgIpc) is 2.85. The fourth-order valence-corrected chi connectivity index (χ4v) is 5.51. The number of rotatable bonds is 4. The number of hydrogen-bond acceptors (Lipinski definition) is 7. The Morgan fingerprint density at radius 3 is 2.42 bits per heavy atom. The molecule has 0 radical (unpaired) electrons. The Hall–Kier alpha value is -3.44. The maximum Gasteiger partial charge on any atom is 0.272 e. The zero-order valence-corrected chi connectivity index (χ0v) is 18.5. The first-order valence-corrected chi connectivity index (χ1v) is 12.0. The van der Waals surface area contributed by atoms with Gasteiger partial charge in [-0.05, 0) is 18.2 Å². The third kappa shape index (κ3) is 4.05. The minimum Gasteiger partial charge on any atom is -0.486 e. The van der Waals surface area contributed by atoms with E-state index in [4.69, 9.17) is 9.47 Å². The van der Waals surface area contributed by atoms with Gasteiger partial charge in [0.2, 0.25) is 15.9 Å². The lowest BCUT2D eigenvalue weighted by molar-refractivity contribution is -0.131. The third-order valence-corrected chi connectivity index (χ3v) is 7.73. The lowest BCUT2D eigenvalue weighted by Crippen LogP contribution is -2.50. The molecule has 2 aliphatic rings. The first-order valence-electron chi connectivity index (χ1n) is 10.6. The molecule has 1 aromatic heterocycles. The summed E-state index contributed by atoms with van der Waals surface area (Å²) in [6.07, 6.45) is 0.0200. The molecule has 5 rings (SSSR count).